The van der Waals surface area contributed by atoms with E-state index in [0.717, 1.165) is 18.7 Å². The number of rotatable bonds is 9. The Morgan fingerprint density at radius 1 is 1.23 bits per heavy atom. The summed E-state index contributed by atoms with van der Waals surface area (Å²) >= 11 is 0. The molecule has 9 nitrogen and oxygen atoms in total. The number of carbonyl (C=O) groups excluding carboxylic acids is 1. The van der Waals surface area contributed by atoms with E-state index in [1.165, 1.54) is 6.07 Å². The second-order valence-electron chi connectivity index (χ2n) is 8.06. The van der Waals surface area contributed by atoms with Gasteiger partial charge in [0.05, 0.1) is 23.4 Å². The van der Waals surface area contributed by atoms with Crippen molar-refractivity contribution in [1.29, 1.82) is 0 Å². The fraction of sp³-hybridized carbons (Fsp3) is 0.650. The molecule has 0 bridgehead atoms. The third-order valence-electron chi connectivity index (χ3n) is 5.47. The smallest absolute Gasteiger partial charge is 0.283 e. The Kier molecular flexibility index (Phi) is 8.47. The Bertz CT molecular complexity index is 908. The van der Waals surface area contributed by atoms with Crippen molar-refractivity contribution in [1.82, 2.24) is 9.80 Å². The zero-order valence-electron chi connectivity index (χ0n) is 18.7. The summed E-state index contributed by atoms with van der Waals surface area (Å²) in [5, 5.41) is 11.8. The minimum absolute atomic E-state index is 0.0940. The number of nitro benzene ring substituents is 1. The molecule has 0 atom stereocenters. The zero-order chi connectivity index (χ0) is 23.3. The van der Waals surface area contributed by atoms with E-state index in [9.17, 15) is 23.3 Å². The van der Waals surface area contributed by atoms with Crippen LogP contribution in [-0.4, -0.2) is 88.5 Å². The summed E-state index contributed by atoms with van der Waals surface area (Å²) in [4.78, 5) is 29.8. The minimum atomic E-state index is -3.77. The molecule has 1 saturated heterocycles. The molecule has 170 valence electrons. The number of benzene rings is 1. The van der Waals surface area contributed by atoms with Crippen LogP contribution in [0.25, 0.3) is 0 Å². The molecular formula is C20H31BN4O5S. The summed E-state index contributed by atoms with van der Waals surface area (Å²) < 4.78 is 24.9. The third-order valence-corrected chi connectivity index (χ3v) is 6.59. The van der Waals surface area contributed by atoms with Crippen LogP contribution in [0.2, 0.25) is 6.32 Å². The molecule has 1 aromatic carbocycles. The summed E-state index contributed by atoms with van der Waals surface area (Å²) in [5.74, 6) is -0.458. The molecule has 1 aliphatic heterocycles. The van der Waals surface area contributed by atoms with Crippen molar-refractivity contribution in [3.8, 4) is 0 Å². The Balaban J connectivity index is 2.56. The number of nitro groups is 1. The molecule has 0 N–H and O–H groups in total. The molecule has 0 aromatic heterocycles. The number of carbonyl (C=O) groups is 1. The van der Waals surface area contributed by atoms with Gasteiger partial charge in [-0.25, -0.2) is 8.42 Å². The fourth-order valence-corrected chi connectivity index (χ4v) is 4.71. The van der Waals surface area contributed by atoms with Gasteiger partial charge >= 0.3 is 0 Å². The standard InChI is InChI=1S/C20H31BN4O5S/c1-5-7-23(8-6-21)18-13-16(17(25(27)28)14-19(18)31(4,29)30)20(26)24-11-9-22(10-12-24)15(2)3/h13-15H,5-12H2,1-4H3. The predicted octanol–water partition coefficient (Wildman–Crippen LogP) is 1.97. The Morgan fingerprint density at radius 3 is 2.29 bits per heavy atom. The summed E-state index contributed by atoms with van der Waals surface area (Å²) in [5.41, 5.74) is -0.308. The molecule has 1 aromatic rings. The second-order valence-corrected chi connectivity index (χ2v) is 10.0. The van der Waals surface area contributed by atoms with Crippen LogP contribution < -0.4 is 4.90 Å². The number of amides is 1. The Morgan fingerprint density at radius 2 is 1.84 bits per heavy atom. The van der Waals surface area contributed by atoms with Crippen molar-refractivity contribution < 1.29 is 18.1 Å². The Labute approximate surface area is 185 Å². The van der Waals surface area contributed by atoms with Gasteiger partial charge in [-0.05, 0) is 26.3 Å². The highest BCUT2D eigenvalue weighted by Crippen LogP contribution is 2.34. The summed E-state index contributed by atoms with van der Waals surface area (Å²) in [6.07, 6.45) is 2.01. The normalized spacial score (nSPS) is 15.3. The van der Waals surface area contributed by atoms with Gasteiger partial charge in [-0.2, -0.15) is 0 Å². The van der Waals surface area contributed by atoms with E-state index in [0.29, 0.717) is 45.3 Å². The van der Waals surface area contributed by atoms with Crippen LogP contribution in [0.5, 0.6) is 0 Å². The maximum Gasteiger partial charge on any atom is 0.283 e. The summed E-state index contributed by atoms with van der Waals surface area (Å²) in [7, 11) is 1.93. The SMILES string of the molecule is [B]CCN(CCC)c1cc(C(=O)N2CCN(C(C)C)CC2)c([N+](=O)[O-])cc1S(C)(=O)=O. The van der Waals surface area contributed by atoms with E-state index in [1.807, 2.05) is 6.92 Å². The first-order valence-corrected chi connectivity index (χ1v) is 12.4. The number of piperazine rings is 1. The van der Waals surface area contributed by atoms with Gasteiger partial charge < -0.3 is 9.80 Å². The highest BCUT2D eigenvalue weighted by molar-refractivity contribution is 7.90. The monoisotopic (exact) mass is 450 g/mol. The first-order chi connectivity index (χ1) is 14.5. The molecule has 1 aliphatic rings. The lowest BCUT2D eigenvalue weighted by molar-refractivity contribution is -0.385. The van der Waals surface area contributed by atoms with E-state index in [4.69, 9.17) is 7.85 Å². The topological polar surface area (TPSA) is 104 Å². The lowest BCUT2D eigenvalue weighted by atomic mass is 10.0. The van der Waals surface area contributed by atoms with Crippen LogP contribution in [0.1, 0.15) is 37.6 Å². The maximum absolute atomic E-state index is 13.3. The molecule has 2 rings (SSSR count). The first-order valence-electron chi connectivity index (χ1n) is 10.5. The van der Waals surface area contributed by atoms with Crippen molar-refractivity contribution in [2.75, 3.05) is 50.4 Å². The molecule has 1 amide bonds. The molecule has 1 heterocycles. The van der Waals surface area contributed by atoms with Crippen molar-refractivity contribution in [3.05, 3.63) is 27.8 Å². The molecule has 1 fully saturated rings. The molecule has 0 unspecified atom stereocenters. The minimum Gasteiger partial charge on any atom is -0.371 e. The van der Waals surface area contributed by atoms with Gasteiger partial charge in [0.2, 0.25) is 0 Å². The van der Waals surface area contributed by atoms with Gasteiger partial charge in [-0.15, -0.1) is 0 Å². The average molecular weight is 450 g/mol. The second kappa shape index (κ2) is 10.5. The summed E-state index contributed by atoms with van der Waals surface area (Å²) in [6, 6.07) is 2.73. The molecule has 0 spiro atoms. The quantitative estimate of drug-likeness (QED) is 0.322. The lowest BCUT2D eigenvalue weighted by Gasteiger charge is -2.37. The largest absolute Gasteiger partial charge is 0.371 e. The van der Waals surface area contributed by atoms with Gasteiger partial charge in [0.25, 0.3) is 11.6 Å². The molecule has 0 aliphatic carbocycles. The zero-order valence-corrected chi connectivity index (χ0v) is 19.5. The van der Waals surface area contributed by atoms with Crippen LogP contribution in [-0.2, 0) is 9.84 Å². The molecule has 11 heteroatoms. The number of hydrogen-bond acceptors (Lipinski definition) is 7. The van der Waals surface area contributed by atoms with Gasteiger partial charge in [-0.1, -0.05) is 13.2 Å². The highest BCUT2D eigenvalue weighted by atomic mass is 32.2. The fourth-order valence-electron chi connectivity index (χ4n) is 3.81. The number of hydrogen-bond donors (Lipinski definition) is 0. The van der Waals surface area contributed by atoms with Crippen LogP contribution in [0.4, 0.5) is 11.4 Å². The van der Waals surface area contributed by atoms with E-state index >= 15 is 0 Å². The number of sulfone groups is 1. The number of anilines is 1. The third kappa shape index (κ3) is 5.97. The van der Waals surface area contributed by atoms with E-state index in [1.54, 1.807) is 9.80 Å². The Hall–Kier alpha value is -2.14. The van der Waals surface area contributed by atoms with Gasteiger partial charge in [-0.3, -0.25) is 19.8 Å². The van der Waals surface area contributed by atoms with Crippen molar-refractivity contribution in [3.63, 3.8) is 0 Å². The van der Waals surface area contributed by atoms with Crippen LogP contribution in [0.3, 0.4) is 0 Å². The van der Waals surface area contributed by atoms with E-state index in [2.05, 4.69) is 18.7 Å². The molecule has 0 saturated carbocycles. The molecular weight excluding hydrogens is 419 g/mol. The maximum atomic E-state index is 13.3. The van der Waals surface area contributed by atoms with Gasteiger partial charge in [0, 0.05) is 57.6 Å². The molecule has 31 heavy (non-hydrogen) atoms. The van der Waals surface area contributed by atoms with Gasteiger partial charge in [0.15, 0.2) is 9.84 Å². The van der Waals surface area contributed by atoms with Crippen LogP contribution >= 0.6 is 0 Å². The van der Waals surface area contributed by atoms with Crippen molar-refractivity contribution in [2.24, 2.45) is 0 Å². The van der Waals surface area contributed by atoms with Crippen molar-refractivity contribution >= 4 is 35.0 Å². The van der Waals surface area contributed by atoms with Gasteiger partial charge in [0.1, 0.15) is 5.56 Å². The first kappa shape index (κ1) is 25.1. The average Bonchev–Trinajstić information content (AvgIpc) is 2.71. The highest BCUT2D eigenvalue weighted by Gasteiger charge is 2.32. The lowest BCUT2D eigenvalue weighted by Crippen LogP contribution is -2.50. The van der Waals surface area contributed by atoms with Crippen LogP contribution in [0, 0.1) is 10.1 Å². The number of nitrogens with zero attached hydrogens (tertiary/aromatic N) is 4. The van der Waals surface area contributed by atoms with Crippen molar-refractivity contribution in [2.45, 2.75) is 44.4 Å². The summed E-state index contributed by atoms with van der Waals surface area (Å²) in [6.45, 7) is 9.26. The van der Waals surface area contributed by atoms with Crippen LogP contribution in [0.15, 0.2) is 17.0 Å². The predicted molar refractivity (Wildman–Crippen MR) is 122 cm³/mol. The molecule has 2 radical (unpaired) electrons. The van der Waals surface area contributed by atoms with E-state index < -0.39 is 26.4 Å². The van der Waals surface area contributed by atoms with E-state index in [-0.39, 0.29) is 22.5 Å².